The number of ether oxygens (including phenoxy) is 2. The van der Waals surface area contributed by atoms with Gasteiger partial charge < -0.3 is 20.5 Å². The number of carbonyl (C=O) groups excluding carboxylic acids is 2. The summed E-state index contributed by atoms with van der Waals surface area (Å²) in [7, 11) is 0. The van der Waals surface area contributed by atoms with E-state index in [1.54, 1.807) is 49.4 Å². The lowest BCUT2D eigenvalue weighted by atomic mass is 10.2. The van der Waals surface area contributed by atoms with Crippen LogP contribution in [0, 0.1) is 5.41 Å². The lowest BCUT2D eigenvalue weighted by Gasteiger charge is -2.21. The third kappa shape index (κ3) is 7.40. The highest BCUT2D eigenvalue weighted by Gasteiger charge is 2.20. The summed E-state index contributed by atoms with van der Waals surface area (Å²) >= 11 is 1.43. The number of nitrogen functional groups attached to an aromatic ring is 1. The minimum absolute atomic E-state index is 0. The largest absolute Gasteiger partial charge is 0.466 e. The number of esters is 1. The third-order valence-electron chi connectivity index (χ3n) is 5.24. The van der Waals surface area contributed by atoms with Gasteiger partial charge in [0.25, 0.3) is 0 Å². The molecule has 0 aliphatic heterocycles. The van der Waals surface area contributed by atoms with Crippen molar-refractivity contribution in [2.75, 3.05) is 23.4 Å². The Bertz CT molecular complexity index is 1400. The standard InChI is InChI=1S/C26H26N6O4S.ClH/c1-2-35-23(33)12-13-32(19-6-4-3-5-7-19)26(34)36-20-14-21-25(30-15-20)37-22(31-21)16-29-18-10-8-17(9-11-18)24(27)28;/h3-11,14-15,29H,2,12-13,16H2,1H3,(H3,27,28);1H. The van der Waals surface area contributed by atoms with E-state index in [0.29, 0.717) is 28.1 Å². The normalized spacial score (nSPS) is 10.3. The van der Waals surface area contributed by atoms with E-state index in [4.69, 9.17) is 20.6 Å². The highest BCUT2D eigenvalue weighted by molar-refractivity contribution is 7.18. The van der Waals surface area contributed by atoms with Crippen molar-refractivity contribution >= 4 is 63.4 Å². The van der Waals surface area contributed by atoms with Gasteiger partial charge in [-0.1, -0.05) is 29.5 Å². The van der Waals surface area contributed by atoms with Crippen LogP contribution in [0.5, 0.6) is 5.75 Å². The number of anilines is 2. The number of nitrogens with two attached hydrogens (primary N) is 1. The molecule has 0 aliphatic rings. The van der Waals surface area contributed by atoms with Crippen molar-refractivity contribution in [1.29, 1.82) is 5.41 Å². The van der Waals surface area contributed by atoms with Gasteiger partial charge in [0.1, 0.15) is 21.2 Å². The molecule has 4 N–H and O–H groups in total. The number of nitrogens with one attached hydrogen (secondary N) is 2. The first-order valence-corrected chi connectivity index (χ1v) is 12.4. The molecule has 2 heterocycles. The van der Waals surface area contributed by atoms with Gasteiger partial charge >= 0.3 is 12.1 Å². The summed E-state index contributed by atoms with van der Waals surface area (Å²) in [6.45, 7) is 2.59. The minimum Gasteiger partial charge on any atom is -0.466 e. The summed E-state index contributed by atoms with van der Waals surface area (Å²) in [4.78, 5) is 36.0. The first-order valence-electron chi connectivity index (χ1n) is 11.6. The second-order valence-corrected chi connectivity index (χ2v) is 8.92. The van der Waals surface area contributed by atoms with Gasteiger partial charge in [0.15, 0.2) is 5.75 Å². The number of para-hydroxylation sites is 1. The van der Waals surface area contributed by atoms with Crippen LogP contribution in [0.3, 0.4) is 0 Å². The van der Waals surface area contributed by atoms with Crippen molar-refractivity contribution in [2.24, 2.45) is 5.73 Å². The van der Waals surface area contributed by atoms with E-state index < -0.39 is 12.1 Å². The number of carbonyl (C=O) groups is 2. The Kier molecular flexibility index (Phi) is 9.97. The summed E-state index contributed by atoms with van der Waals surface area (Å²) in [5.41, 5.74) is 8.23. The van der Waals surface area contributed by atoms with Crippen LogP contribution in [0.25, 0.3) is 10.3 Å². The average Bonchev–Trinajstić information content (AvgIpc) is 3.31. The molecule has 0 atom stereocenters. The fraction of sp³-hybridized carbons (Fsp3) is 0.192. The highest BCUT2D eigenvalue weighted by atomic mass is 35.5. The summed E-state index contributed by atoms with van der Waals surface area (Å²) in [5.74, 6) is -0.122. The molecule has 0 radical (unpaired) electrons. The van der Waals surface area contributed by atoms with Crippen molar-refractivity contribution in [3.05, 3.63) is 77.4 Å². The molecule has 0 bridgehead atoms. The summed E-state index contributed by atoms with van der Waals surface area (Å²) in [6, 6.07) is 17.9. The molecule has 2 aromatic heterocycles. The Morgan fingerprint density at radius 1 is 1.13 bits per heavy atom. The van der Waals surface area contributed by atoms with Crippen LogP contribution in [0.1, 0.15) is 23.9 Å². The van der Waals surface area contributed by atoms with Gasteiger partial charge in [0, 0.05) is 29.5 Å². The second kappa shape index (κ2) is 13.4. The number of pyridine rings is 1. The maximum Gasteiger partial charge on any atom is 0.419 e. The number of aromatic nitrogens is 2. The molecule has 0 spiro atoms. The van der Waals surface area contributed by atoms with Crippen LogP contribution in [0.4, 0.5) is 16.2 Å². The zero-order valence-electron chi connectivity index (χ0n) is 20.5. The molecule has 0 fully saturated rings. The summed E-state index contributed by atoms with van der Waals surface area (Å²) < 4.78 is 10.6. The molecule has 0 saturated heterocycles. The number of fused-ring (bicyclic) bond motifs is 1. The SMILES string of the molecule is CCOC(=O)CCN(C(=O)Oc1cnc2sc(CNc3ccc(C(=N)N)cc3)nc2c1)c1ccccc1.Cl. The van der Waals surface area contributed by atoms with Crippen LogP contribution in [0.2, 0.25) is 0 Å². The molecule has 198 valence electrons. The van der Waals surface area contributed by atoms with Gasteiger partial charge in [-0.05, 0) is 43.3 Å². The van der Waals surface area contributed by atoms with Crippen LogP contribution >= 0.6 is 23.7 Å². The minimum atomic E-state index is -0.636. The molecule has 4 aromatic rings. The number of amidine groups is 1. The van der Waals surface area contributed by atoms with Crippen LogP contribution in [-0.4, -0.2) is 41.0 Å². The lowest BCUT2D eigenvalue weighted by molar-refractivity contribution is -0.142. The molecule has 0 unspecified atom stereocenters. The molecule has 0 aliphatic carbocycles. The summed E-state index contributed by atoms with van der Waals surface area (Å²) in [5, 5.41) is 11.6. The fourth-order valence-corrected chi connectivity index (χ4v) is 4.28. The van der Waals surface area contributed by atoms with Gasteiger partial charge in [0.2, 0.25) is 0 Å². The van der Waals surface area contributed by atoms with Gasteiger partial charge in [-0.15, -0.1) is 12.4 Å². The maximum absolute atomic E-state index is 13.0. The van der Waals surface area contributed by atoms with Crippen molar-refractivity contribution in [3.63, 3.8) is 0 Å². The second-order valence-electron chi connectivity index (χ2n) is 7.86. The number of hydrogen-bond donors (Lipinski definition) is 3. The molecular formula is C26H27ClN6O4S. The molecule has 12 heteroatoms. The number of rotatable bonds is 10. The van der Waals surface area contributed by atoms with Crippen LogP contribution in [-0.2, 0) is 16.1 Å². The van der Waals surface area contributed by atoms with E-state index in [1.807, 2.05) is 18.2 Å². The summed E-state index contributed by atoms with van der Waals surface area (Å²) in [6.07, 6.45) is 0.877. The number of nitrogens with zero attached hydrogens (tertiary/aromatic N) is 3. The molecule has 2 aromatic carbocycles. The van der Waals surface area contributed by atoms with Crippen molar-refractivity contribution < 1.29 is 19.1 Å². The molecule has 38 heavy (non-hydrogen) atoms. The predicted molar refractivity (Wildman–Crippen MR) is 151 cm³/mol. The molecule has 4 rings (SSSR count). The van der Waals surface area contributed by atoms with E-state index >= 15 is 0 Å². The predicted octanol–water partition coefficient (Wildman–Crippen LogP) is 4.97. The van der Waals surface area contributed by atoms with Gasteiger partial charge in [-0.3, -0.25) is 15.1 Å². The molecular weight excluding hydrogens is 528 g/mol. The topological polar surface area (TPSA) is 144 Å². The lowest BCUT2D eigenvalue weighted by Crippen LogP contribution is -2.35. The van der Waals surface area contributed by atoms with E-state index in [0.717, 1.165) is 10.7 Å². The zero-order valence-corrected chi connectivity index (χ0v) is 22.2. The van der Waals surface area contributed by atoms with Crippen molar-refractivity contribution in [2.45, 2.75) is 19.9 Å². The highest BCUT2D eigenvalue weighted by Crippen LogP contribution is 2.25. The first kappa shape index (κ1) is 28.4. The van der Waals surface area contributed by atoms with E-state index in [2.05, 4.69) is 15.3 Å². The molecule has 0 saturated carbocycles. The van der Waals surface area contributed by atoms with E-state index in [1.165, 1.54) is 22.4 Å². The first-order chi connectivity index (χ1) is 17.9. The quantitative estimate of drug-likeness (QED) is 0.142. The average molecular weight is 555 g/mol. The number of thiazole rings is 1. The van der Waals surface area contributed by atoms with Crippen molar-refractivity contribution in [3.8, 4) is 5.75 Å². The Hall–Kier alpha value is -4.22. The fourth-order valence-electron chi connectivity index (χ4n) is 3.45. The maximum atomic E-state index is 13.0. The number of hydrogen-bond acceptors (Lipinski definition) is 9. The van der Waals surface area contributed by atoms with Crippen LogP contribution in [0.15, 0.2) is 66.9 Å². The number of benzene rings is 2. The zero-order chi connectivity index (χ0) is 26.2. The Morgan fingerprint density at radius 3 is 2.55 bits per heavy atom. The van der Waals surface area contributed by atoms with E-state index in [-0.39, 0.29) is 43.6 Å². The Morgan fingerprint density at radius 2 is 1.87 bits per heavy atom. The number of halogens is 1. The van der Waals surface area contributed by atoms with Gasteiger partial charge in [-0.2, -0.15) is 0 Å². The molecule has 1 amide bonds. The monoisotopic (exact) mass is 554 g/mol. The molecule has 10 nitrogen and oxygen atoms in total. The van der Waals surface area contributed by atoms with E-state index in [9.17, 15) is 9.59 Å². The Balaban J connectivity index is 0.00000400. The van der Waals surface area contributed by atoms with Gasteiger partial charge in [-0.25, -0.2) is 14.8 Å². The third-order valence-corrected chi connectivity index (χ3v) is 6.22. The Labute approximate surface area is 229 Å². The van der Waals surface area contributed by atoms with Gasteiger partial charge in [0.05, 0.1) is 25.8 Å². The number of amides is 1. The van der Waals surface area contributed by atoms with Crippen molar-refractivity contribution in [1.82, 2.24) is 9.97 Å². The smallest absolute Gasteiger partial charge is 0.419 e. The van der Waals surface area contributed by atoms with Crippen LogP contribution < -0.4 is 20.7 Å².